The first-order valence-corrected chi connectivity index (χ1v) is 7.25. The number of hydrogen-bond donors (Lipinski definition) is 5. The van der Waals surface area contributed by atoms with Crippen molar-refractivity contribution in [2.24, 2.45) is 0 Å². The van der Waals surface area contributed by atoms with Crippen LogP contribution < -0.4 is 11.2 Å². The maximum atomic E-state index is 11.6. The molecule has 1 aromatic rings. The summed E-state index contributed by atoms with van der Waals surface area (Å²) in [4.78, 5) is 41.6. The van der Waals surface area contributed by atoms with Crippen molar-refractivity contribution in [2.75, 3.05) is 6.61 Å². The van der Waals surface area contributed by atoms with Crippen molar-refractivity contribution in [1.82, 2.24) is 9.55 Å². The van der Waals surface area contributed by atoms with Gasteiger partial charge in [-0.1, -0.05) is 0 Å². The van der Waals surface area contributed by atoms with E-state index in [1.807, 2.05) is 4.98 Å². The molecule has 0 unspecified atom stereocenters. The van der Waals surface area contributed by atoms with Gasteiger partial charge in [-0.3, -0.25) is 18.9 Å². The van der Waals surface area contributed by atoms with Crippen LogP contribution in [-0.2, 0) is 13.8 Å². The molecule has 2 heterocycles. The first kappa shape index (κ1) is 19.7. The Kier molecular flexibility index (Phi) is 6.72. The van der Waals surface area contributed by atoms with E-state index < -0.39 is 50.2 Å². The maximum absolute atomic E-state index is 11.6. The van der Waals surface area contributed by atoms with Gasteiger partial charge in [0.2, 0.25) is 0 Å². The molecule has 120 valence electrons. The van der Waals surface area contributed by atoms with Gasteiger partial charge in [-0.05, 0) is 0 Å². The number of hydrogen-bond acceptors (Lipinski definition) is 7. The summed E-state index contributed by atoms with van der Waals surface area (Å²) >= 11 is 0. The van der Waals surface area contributed by atoms with Crippen LogP contribution in [0, 0.1) is 0 Å². The van der Waals surface area contributed by atoms with Crippen molar-refractivity contribution in [3.05, 3.63) is 33.1 Å². The average molecular weight is 348 g/mol. The molecule has 2 rings (SSSR count). The summed E-state index contributed by atoms with van der Waals surface area (Å²) in [6, 6.07) is 1.02. The van der Waals surface area contributed by atoms with Crippen LogP contribution in [0.25, 0.3) is 0 Å². The van der Waals surface area contributed by atoms with Gasteiger partial charge in [0.25, 0.3) is 5.56 Å². The Labute approximate surface area is 145 Å². The van der Waals surface area contributed by atoms with Crippen molar-refractivity contribution in [3.8, 4) is 0 Å². The molecule has 11 nitrogen and oxygen atoms in total. The fourth-order valence-corrected chi connectivity index (χ4v) is 2.24. The van der Waals surface area contributed by atoms with Crippen LogP contribution in [0.2, 0.25) is 0 Å². The molecule has 0 aliphatic carbocycles. The predicted octanol–water partition coefficient (Wildman–Crippen LogP) is -3.38. The van der Waals surface area contributed by atoms with Gasteiger partial charge in [-0.15, -0.1) is 0 Å². The third-order valence-corrected chi connectivity index (χ3v) is 3.35. The number of ether oxygens (including phenoxy) is 1. The molecule has 0 radical (unpaired) electrons. The van der Waals surface area contributed by atoms with Crippen molar-refractivity contribution in [2.45, 2.75) is 24.5 Å². The van der Waals surface area contributed by atoms with Crippen molar-refractivity contribution in [3.63, 3.8) is 0 Å². The minimum absolute atomic E-state index is 0. The molecule has 0 amide bonds. The van der Waals surface area contributed by atoms with Crippen LogP contribution >= 0.6 is 7.82 Å². The SMILES string of the molecule is O=c1ccn([C@H]2O[C@@H](COP(=O)(O)O)[C@H](O)[C@@H]2O)c(=O)[nH]1.[NaH]. The number of H-pyrrole nitrogens is 1. The summed E-state index contributed by atoms with van der Waals surface area (Å²) in [5.74, 6) is 0. The average Bonchev–Trinajstić information content (AvgIpc) is 2.64. The van der Waals surface area contributed by atoms with E-state index in [0.29, 0.717) is 0 Å². The summed E-state index contributed by atoms with van der Waals surface area (Å²) in [6.07, 6.45) is -4.58. The van der Waals surface area contributed by atoms with Gasteiger partial charge < -0.3 is 24.7 Å². The Bertz CT molecular complexity index is 670. The molecule has 1 saturated heterocycles. The van der Waals surface area contributed by atoms with E-state index in [4.69, 9.17) is 14.5 Å². The molecule has 0 aromatic carbocycles. The molecule has 0 saturated carbocycles. The van der Waals surface area contributed by atoms with Gasteiger partial charge in [-0.25, -0.2) is 9.36 Å². The molecule has 0 spiro atoms. The first-order valence-electron chi connectivity index (χ1n) is 5.72. The third-order valence-electron chi connectivity index (χ3n) is 2.87. The van der Waals surface area contributed by atoms with Crippen LogP contribution in [0.1, 0.15) is 6.23 Å². The van der Waals surface area contributed by atoms with Gasteiger partial charge in [0.15, 0.2) is 6.23 Å². The summed E-state index contributed by atoms with van der Waals surface area (Å²) in [6.45, 7) is -0.683. The number of phosphoric acid groups is 1. The number of nitrogens with zero attached hydrogens (tertiary/aromatic N) is 1. The number of aromatic nitrogens is 2. The Balaban J connectivity index is 0.00000242. The van der Waals surface area contributed by atoms with Crippen LogP contribution in [0.15, 0.2) is 21.9 Å². The molecular formula is C9H14N2NaO9P. The Morgan fingerprint density at radius 3 is 2.50 bits per heavy atom. The number of aliphatic hydroxyl groups is 2. The third kappa shape index (κ3) is 4.59. The van der Waals surface area contributed by atoms with Gasteiger partial charge in [0.05, 0.1) is 6.61 Å². The number of aliphatic hydroxyl groups excluding tert-OH is 2. The van der Waals surface area contributed by atoms with Crippen LogP contribution in [0.3, 0.4) is 0 Å². The van der Waals surface area contributed by atoms with Crippen molar-refractivity contribution < 1.29 is 33.8 Å². The second-order valence-corrected chi connectivity index (χ2v) is 5.59. The summed E-state index contributed by atoms with van der Waals surface area (Å²) in [5.41, 5.74) is -1.51. The van der Waals surface area contributed by atoms with Crippen LogP contribution in [0.4, 0.5) is 0 Å². The van der Waals surface area contributed by atoms with Crippen LogP contribution in [0.5, 0.6) is 0 Å². The fraction of sp³-hybridized carbons (Fsp3) is 0.556. The molecule has 1 aliphatic rings. The zero-order chi connectivity index (χ0) is 15.8. The second-order valence-electron chi connectivity index (χ2n) is 4.35. The van der Waals surface area contributed by atoms with E-state index in [1.54, 1.807) is 0 Å². The molecular weight excluding hydrogens is 334 g/mol. The standard InChI is InChI=1S/C9H13N2O9P.Na.H/c12-5-1-2-11(9(15)10-5)8-7(14)6(13)4(20-8)3-19-21(16,17)18;;/h1-2,4,6-8,13-14H,3H2,(H,10,12,15)(H2,16,17,18);;/t4-,6-,7-,8-;;/m0../s1. The predicted molar refractivity (Wildman–Crippen MR) is 72.4 cm³/mol. The fourth-order valence-electron chi connectivity index (χ4n) is 1.89. The van der Waals surface area contributed by atoms with Gasteiger partial charge in [0, 0.05) is 12.3 Å². The van der Waals surface area contributed by atoms with Gasteiger partial charge >= 0.3 is 43.1 Å². The molecule has 0 bridgehead atoms. The van der Waals surface area contributed by atoms with Crippen molar-refractivity contribution >= 4 is 37.4 Å². The number of phosphoric ester groups is 1. The molecule has 5 N–H and O–H groups in total. The van der Waals surface area contributed by atoms with E-state index in [-0.39, 0.29) is 29.6 Å². The molecule has 1 aliphatic heterocycles. The zero-order valence-corrected chi connectivity index (χ0v) is 11.3. The molecule has 22 heavy (non-hydrogen) atoms. The molecule has 1 fully saturated rings. The monoisotopic (exact) mass is 348 g/mol. The first-order chi connectivity index (χ1) is 9.69. The van der Waals surface area contributed by atoms with E-state index in [1.165, 1.54) is 0 Å². The number of rotatable bonds is 4. The topological polar surface area (TPSA) is 171 Å². The molecule has 4 atom stereocenters. The minimum atomic E-state index is -4.76. The van der Waals surface area contributed by atoms with Gasteiger partial charge in [0.1, 0.15) is 18.3 Å². The Morgan fingerprint density at radius 1 is 1.32 bits per heavy atom. The molecule has 13 heteroatoms. The van der Waals surface area contributed by atoms with Gasteiger partial charge in [-0.2, -0.15) is 0 Å². The summed E-state index contributed by atoms with van der Waals surface area (Å²) in [5, 5.41) is 19.6. The Hall–Kier alpha value is -0.330. The second kappa shape index (κ2) is 7.49. The van der Waals surface area contributed by atoms with Crippen LogP contribution in [-0.4, -0.2) is 84.0 Å². The number of aromatic amines is 1. The van der Waals surface area contributed by atoms with Crippen molar-refractivity contribution in [1.29, 1.82) is 0 Å². The Morgan fingerprint density at radius 2 is 1.95 bits per heavy atom. The summed E-state index contributed by atoms with van der Waals surface area (Å²) in [7, 11) is -4.76. The zero-order valence-electron chi connectivity index (χ0n) is 10.4. The summed E-state index contributed by atoms with van der Waals surface area (Å²) < 4.78 is 20.8. The molecule has 1 aromatic heterocycles. The van der Waals surface area contributed by atoms with E-state index in [9.17, 15) is 24.4 Å². The van der Waals surface area contributed by atoms with E-state index in [2.05, 4.69) is 4.52 Å². The van der Waals surface area contributed by atoms with E-state index in [0.717, 1.165) is 16.8 Å². The van der Waals surface area contributed by atoms with E-state index >= 15 is 0 Å². The quantitative estimate of drug-likeness (QED) is 0.275. The normalized spacial score (nSPS) is 28.4. The number of nitrogens with one attached hydrogen (secondary N) is 1.